The van der Waals surface area contributed by atoms with Crippen LogP contribution in [0.1, 0.15) is 18.9 Å². The van der Waals surface area contributed by atoms with Crippen LogP contribution in [0.15, 0.2) is 42.5 Å². The summed E-state index contributed by atoms with van der Waals surface area (Å²) in [6, 6.07) is 11.5. The smallest absolute Gasteiger partial charge is 0.311 e. The van der Waals surface area contributed by atoms with Gasteiger partial charge in [-0.2, -0.15) is 0 Å². The molecular formula is C19H19ClN2O5. The first-order valence-corrected chi connectivity index (χ1v) is 8.82. The number of hydrogen-bond donors (Lipinski definition) is 1. The van der Waals surface area contributed by atoms with Gasteiger partial charge < -0.3 is 9.84 Å². The van der Waals surface area contributed by atoms with Crippen molar-refractivity contribution in [2.24, 2.45) is 5.41 Å². The fraction of sp³-hybridized carbons (Fsp3) is 0.316. The lowest BCUT2D eigenvalue weighted by atomic mass is 9.90. The molecular weight excluding hydrogens is 372 g/mol. The molecule has 1 aliphatic heterocycles. The molecule has 2 aromatic carbocycles. The van der Waals surface area contributed by atoms with Crippen LogP contribution in [0.4, 0.5) is 5.69 Å². The first kappa shape index (κ1) is 19.1. The van der Waals surface area contributed by atoms with Crippen LogP contribution >= 0.6 is 11.6 Å². The summed E-state index contributed by atoms with van der Waals surface area (Å²) in [6.07, 6.45) is 0.554. The van der Waals surface area contributed by atoms with Crippen molar-refractivity contribution in [3.63, 3.8) is 0 Å². The summed E-state index contributed by atoms with van der Waals surface area (Å²) in [4.78, 5) is 24.3. The quantitative estimate of drug-likeness (QED) is 0.582. The first-order chi connectivity index (χ1) is 12.8. The lowest BCUT2D eigenvalue weighted by molar-refractivity contribution is -0.385. The van der Waals surface area contributed by atoms with E-state index in [4.69, 9.17) is 16.3 Å². The molecule has 1 fully saturated rings. The highest BCUT2D eigenvalue weighted by atomic mass is 35.5. The van der Waals surface area contributed by atoms with Gasteiger partial charge in [-0.1, -0.05) is 29.8 Å². The Morgan fingerprint density at radius 3 is 2.70 bits per heavy atom. The average Bonchev–Trinajstić information content (AvgIpc) is 3.00. The van der Waals surface area contributed by atoms with E-state index in [9.17, 15) is 20.0 Å². The Labute approximate surface area is 161 Å². The number of hydrogen-bond acceptors (Lipinski definition) is 5. The topological polar surface area (TPSA) is 92.9 Å². The summed E-state index contributed by atoms with van der Waals surface area (Å²) in [5, 5.41) is 21.2. The van der Waals surface area contributed by atoms with E-state index in [1.807, 2.05) is 4.90 Å². The SMILES string of the molecule is CC1(C(=O)O)CCN(Cc2ccc(Oc3ccccc3Cl)c([N+](=O)[O-])c2)C1. The number of para-hydroxylation sites is 1. The summed E-state index contributed by atoms with van der Waals surface area (Å²) < 4.78 is 5.63. The van der Waals surface area contributed by atoms with E-state index in [0.717, 1.165) is 5.56 Å². The third-order valence-electron chi connectivity index (χ3n) is 4.75. The van der Waals surface area contributed by atoms with E-state index in [2.05, 4.69) is 0 Å². The van der Waals surface area contributed by atoms with Gasteiger partial charge in [-0.05, 0) is 43.7 Å². The lowest BCUT2D eigenvalue weighted by Crippen LogP contribution is -2.31. The van der Waals surface area contributed by atoms with Gasteiger partial charge in [-0.25, -0.2) is 0 Å². The van der Waals surface area contributed by atoms with Gasteiger partial charge in [0, 0.05) is 19.2 Å². The number of nitro benzene ring substituents is 1. The van der Waals surface area contributed by atoms with E-state index in [1.165, 1.54) is 6.07 Å². The highest BCUT2D eigenvalue weighted by Gasteiger charge is 2.40. The summed E-state index contributed by atoms with van der Waals surface area (Å²) >= 11 is 6.05. The average molecular weight is 391 g/mol. The number of aliphatic carboxylic acids is 1. The fourth-order valence-electron chi connectivity index (χ4n) is 3.16. The van der Waals surface area contributed by atoms with Crippen LogP contribution in [0.2, 0.25) is 5.02 Å². The van der Waals surface area contributed by atoms with Gasteiger partial charge in [-0.15, -0.1) is 0 Å². The molecule has 0 amide bonds. The lowest BCUT2D eigenvalue weighted by Gasteiger charge is -2.20. The van der Waals surface area contributed by atoms with Crippen molar-refractivity contribution in [1.29, 1.82) is 0 Å². The molecule has 0 saturated carbocycles. The van der Waals surface area contributed by atoms with Crippen molar-refractivity contribution in [1.82, 2.24) is 4.90 Å². The maximum atomic E-state index is 11.5. The molecule has 1 unspecified atom stereocenters. The van der Waals surface area contributed by atoms with Gasteiger partial charge in [0.25, 0.3) is 0 Å². The number of likely N-dealkylation sites (tertiary alicyclic amines) is 1. The minimum Gasteiger partial charge on any atom is -0.481 e. The van der Waals surface area contributed by atoms with E-state index in [-0.39, 0.29) is 11.4 Å². The predicted molar refractivity (Wildman–Crippen MR) is 100 cm³/mol. The standard InChI is InChI=1S/C19H19ClN2O5/c1-19(18(23)24)8-9-21(12-19)11-13-6-7-17(15(10-13)22(25)26)27-16-5-3-2-4-14(16)20/h2-7,10H,8-9,11-12H2,1H3,(H,23,24). The third kappa shape index (κ3) is 4.20. The first-order valence-electron chi connectivity index (χ1n) is 8.44. The van der Waals surface area contributed by atoms with Crippen LogP contribution in [-0.2, 0) is 11.3 Å². The summed E-state index contributed by atoms with van der Waals surface area (Å²) in [5.74, 6) is -0.375. The molecule has 1 N–H and O–H groups in total. The zero-order chi connectivity index (χ0) is 19.6. The molecule has 0 radical (unpaired) electrons. The third-order valence-corrected chi connectivity index (χ3v) is 5.06. The number of rotatable bonds is 6. The highest BCUT2D eigenvalue weighted by Crippen LogP contribution is 2.36. The van der Waals surface area contributed by atoms with Crippen molar-refractivity contribution >= 4 is 23.3 Å². The Balaban J connectivity index is 1.79. The molecule has 1 saturated heterocycles. The molecule has 27 heavy (non-hydrogen) atoms. The van der Waals surface area contributed by atoms with Gasteiger partial charge >= 0.3 is 11.7 Å². The van der Waals surface area contributed by atoms with Gasteiger partial charge in [0.1, 0.15) is 5.75 Å². The molecule has 142 valence electrons. The maximum absolute atomic E-state index is 11.5. The zero-order valence-electron chi connectivity index (χ0n) is 14.7. The minimum atomic E-state index is -0.820. The molecule has 8 heteroatoms. The Morgan fingerprint density at radius 1 is 1.33 bits per heavy atom. The number of carbonyl (C=O) groups is 1. The van der Waals surface area contributed by atoms with Gasteiger partial charge in [0.2, 0.25) is 5.75 Å². The number of nitro groups is 1. The summed E-state index contributed by atoms with van der Waals surface area (Å²) in [5.41, 5.74) is -0.213. The fourth-order valence-corrected chi connectivity index (χ4v) is 3.33. The number of carboxylic acids is 1. The zero-order valence-corrected chi connectivity index (χ0v) is 15.5. The maximum Gasteiger partial charge on any atom is 0.311 e. The molecule has 3 rings (SSSR count). The Hall–Kier alpha value is -2.64. The van der Waals surface area contributed by atoms with Crippen LogP contribution < -0.4 is 4.74 Å². The van der Waals surface area contributed by atoms with Crippen LogP contribution in [0.25, 0.3) is 0 Å². The number of halogens is 1. The van der Waals surface area contributed by atoms with Crippen molar-refractivity contribution < 1.29 is 19.6 Å². The van der Waals surface area contributed by atoms with Crippen LogP contribution in [0.3, 0.4) is 0 Å². The minimum absolute atomic E-state index is 0.105. The molecule has 1 aliphatic rings. The highest BCUT2D eigenvalue weighted by molar-refractivity contribution is 6.32. The van der Waals surface area contributed by atoms with Crippen molar-refractivity contribution in [3.05, 3.63) is 63.2 Å². The molecule has 0 aromatic heterocycles. The second-order valence-electron chi connectivity index (χ2n) is 6.92. The Bertz CT molecular complexity index is 888. The molecule has 2 aromatic rings. The molecule has 1 heterocycles. The van der Waals surface area contributed by atoms with Crippen LogP contribution in [-0.4, -0.2) is 34.0 Å². The van der Waals surface area contributed by atoms with Crippen LogP contribution in [0.5, 0.6) is 11.5 Å². The van der Waals surface area contributed by atoms with E-state index in [1.54, 1.807) is 43.3 Å². The molecule has 0 aliphatic carbocycles. The number of carboxylic acid groups (broad SMARTS) is 1. The molecule has 0 spiro atoms. The van der Waals surface area contributed by atoms with Crippen molar-refractivity contribution in [3.8, 4) is 11.5 Å². The van der Waals surface area contributed by atoms with E-state index in [0.29, 0.717) is 36.8 Å². The predicted octanol–water partition coefficient (Wildman–Crippen LogP) is 4.34. The summed E-state index contributed by atoms with van der Waals surface area (Å²) in [7, 11) is 0. The second-order valence-corrected chi connectivity index (χ2v) is 7.33. The number of nitrogens with zero attached hydrogens (tertiary/aromatic N) is 2. The van der Waals surface area contributed by atoms with Gasteiger partial charge in [-0.3, -0.25) is 19.8 Å². The Morgan fingerprint density at radius 2 is 2.07 bits per heavy atom. The molecule has 0 bridgehead atoms. The van der Waals surface area contributed by atoms with Gasteiger partial charge in [0.05, 0.1) is 15.4 Å². The van der Waals surface area contributed by atoms with Crippen molar-refractivity contribution in [2.45, 2.75) is 19.9 Å². The van der Waals surface area contributed by atoms with E-state index < -0.39 is 16.3 Å². The van der Waals surface area contributed by atoms with Crippen LogP contribution in [0, 0.1) is 15.5 Å². The Kier molecular flexibility index (Phi) is 5.34. The monoisotopic (exact) mass is 390 g/mol. The number of benzene rings is 2. The van der Waals surface area contributed by atoms with Gasteiger partial charge in [0.15, 0.2) is 0 Å². The normalized spacial score (nSPS) is 19.8. The summed E-state index contributed by atoms with van der Waals surface area (Å²) in [6.45, 7) is 3.21. The van der Waals surface area contributed by atoms with E-state index >= 15 is 0 Å². The number of ether oxygens (including phenoxy) is 1. The largest absolute Gasteiger partial charge is 0.481 e. The molecule has 7 nitrogen and oxygen atoms in total. The molecule has 1 atom stereocenters. The second kappa shape index (κ2) is 7.54. The van der Waals surface area contributed by atoms with Crippen molar-refractivity contribution in [2.75, 3.05) is 13.1 Å².